The summed E-state index contributed by atoms with van der Waals surface area (Å²) in [6, 6.07) is 0. The Kier molecular flexibility index (Phi) is 3.24. The molecule has 11 heavy (non-hydrogen) atoms. The zero-order valence-corrected chi connectivity index (χ0v) is 7.39. The van der Waals surface area contributed by atoms with Gasteiger partial charge in [0.2, 0.25) is 0 Å². The minimum Gasteiger partial charge on any atom is -0.481 e. The third-order valence-corrected chi connectivity index (χ3v) is 2.97. The van der Waals surface area contributed by atoms with Gasteiger partial charge in [-0.05, 0) is 37.4 Å². The molecule has 1 N–H and O–H groups in total. The Morgan fingerprint density at radius 2 is 1.91 bits per heavy atom. The molecule has 0 aromatic carbocycles. The van der Waals surface area contributed by atoms with Gasteiger partial charge >= 0.3 is 5.97 Å². The maximum absolute atomic E-state index is 10.5. The van der Waals surface area contributed by atoms with Crippen LogP contribution in [0.1, 0.15) is 25.7 Å². The van der Waals surface area contributed by atoms with Gasteiger partial charge in [0.05, 0.1) is 5.92 Å². The van der Waals surface area contributed by atoms with Crippen molar-refractivity contribution < 1.29 is 9.90 Å². The van der Waals surface area contributed by atoms with E-state index in [-0.39, 0.29) is 5.92 Å². The van der Waals surface area contributed by atoms with Gasteiger partial charge in [-0.3, -0.25) is 4.79 Å². The van der Waals surface area contributed by atoms with E-state index in [1.807, 2.05) is 0 Å². The minimum atomic E-state index is -0.623. The molecule has 0 heterocycles. The maximum Gasteiger partial charge on any atom is 0.306 e. The van der Waals surface area contributed by atoms with Gasteiger partial charge in [-0.1, -0.05) is 0 Å². The van der Waals surface area contributed by atoms with Gasteiger partial charge in [0.1, 0.15) is 0 Å². The van der Waals surface area contributed by atoms with Gasteiger partial charge < -0.3 is 5.11 Å². The summed E-state index contributed by atoms with van der Waals surface area (Å²) in [5, 5.41) is 8.68. The average Bonchev–Trinajstić information content (AvgIpc) is 2.05. The van der Waals surface area contributed by atoms with Crippen LogP contribution in [0.4, 0.5) is 0 Å². The van der Waals surface area contributed by atoms with E-state index in [1.165, 1.54) is 0 Å². The highest BCUT2D eigenvalue weighted by molar-refractivity contribution is 7.80. The second-order valence-electron chi connectivity index (χ2n) is 3.24. The topological polar surface area (TPSA) is 37.3 Å². The maximum atomic E-state index is 10.5. The van der Waals surface area contributed by atoms with Crippen molar-refractivity contribution >= 4 is 18.6 Å². The second kappa shape index (κ2) is 4.00. The van der Waals surface area contributed by atoms with Gasteiger partial charge in [-0.25, -0.2) is 0 Å². The normalized spacial score (nSPS) is 31.7. The number of rotatable bonds is 2. The van der Waals surface area contributed by atoms with Crippen LogP contribution in [-0.4, -0.2) is 16.8 Å². The monoisotopic (exact) mass is 174 g/mol. The molecule has 2 nitrogen and oxygen atoms in total. The van der Waals surface area contributed by atoms with Crippen molar-refractivity contribution in [1.29, 1.82) is 0 Å². The number of carboxylic acid groups (broad SMARTS) is 1. The zero-order chi connectivity index (χ0) is 8.27. The fraction of sp³-hybridized carbons (Fsp3) is 0.875. The Balaban J connectivity index is 2.30. The molecule has 1 aliphatic rings. The summed E-state index contributed by atoms with van der Waals surface area (Å²) in [6.45, 7) is 0. The first kappa shape index (κ1) is 8.91. The highest BCUT2D eigenvalue weighted by Crippen LogP contribution is 2.29. The number of carboxylic acids is 1. The lowest BCUT2D eigenvalue weighted by molar-refractivity contribution is -0.143. The van der Waals surface area contributed by atoms with Gasteiger partial charge in [-0.2, -0.15) is 12.6 Å². The number of aliphatic carboxylic acids is 1. The van der Waals surface area contributed by atoms with Gasteiger partial charge in [0, 0.05) is 0 Å². The molecule has 0 aromatic rings. The van der Waals surface area contributed by atoms with Crippen LogP contribution in [-0.2, 0) is 4.79 Å². The standard InChI is InChI=1S/C8H14O2S/c9-8(10)7-3-1-6(5-11)2-4-7/h6-7,11H,1-5H2,(H,9,10). The van der Waals surface area contributed by atoms with Crippen LogP contribution in [0.25, 0.3) is 0 Å². The highest BCUT2D eigenvalue weighted by atomic mass is 32.1. The van der Waals surface area contributed by atoms with E-state index < -0.39 is 5.97 Å². The quantitative estimate of drug-likeness (QED) is 0.626. The van der Waals surface area contributed by atoms with Crippen molar-refractivity contribution in [3.05, 3.63) is 0 Å². The van der Waals surface area contributed by atoms with E-state index in [0.717, 1.165) is 31.4 Å². The molecule has 0 spiro atoms. The molecule has 0 saturated heterocycles. The first-order valence-electron chi connectivity index (χ1n) is 4.07. The largest absolute Gasteiger partial charge is 0.481 e. The van der Waals surface area contributed by atoms with Crippen molar-refractivity contribution in [3.63, 3.8) is 0 Å². The fourth-order valence-corrected chi connectivity index (χ4v) is 1.96. The van der Waals surface area contributed by atoms with Gasteiger partial charge in [0.25, 0.3) is 0 Å². The van der Waals surface area contributed by atoms with Crippen LogP contribution in [0.5, 0.6) is 0 Å². The summed E-state index contributed by atoms with van der Waals surface area (Å²) in [5.74, 6) is 0.870. The molecule has 1 aliphatic carbocycles. The lowest BCUT2D eigenvalue weighted by atomic mass is 9.83. The number of thiol groups is 1. The summed E-state index contributed by atoms with van der Waals surface area (Å²) < 4.78 is 0. The predicted molar refractivity (Wildman–Crippen MR) is 46.9 cm³/mol. The average molecular weight is 174 g/mol. The van der Waals surface area contributed by atoms with Crippen molar-refractivity contribution in [2.24, 2.45) is 11.8 Å². The molecule has 1 saturated carbocycles. The summed E-state index contributed by atoms with van der Waals surface area (Å²) in [6.07, 6.45) is 3.78. The van der Waals surface area contributed by atoms with Gasteiger partial charge in [-0.15, -0.1) is 0 Å². The van der Waals surface area contributed by atoms with E-state index in [0.29, 0.717) is 5.92 Å². The fourth-order valence-electron chi connectivity index (χ4n) is 1.59. The van der Waals surface area contributed by atoms with Crippen molar-refractivity contribution in [2.45, 2.75) is 25.7 Å². The smallest absolute Gasteiger partial charge is 0.306 e. The summed E-state index contributed by atoms with van der Waals surface area (Å²) in [4.78, 5) is 10.5. The lowest BCUT2D eigenvalue weighted by Crippen LogP contribution is -2.21. The number of carbonyl (C=O) groups is 1. The molecule has 0 bridgehead atoms. The van der Waals surface area contributed by atoms with Crippen LogP contribution in [0.15, 0.2) is 0 Å². The first-order valence-corrected chi connectivity index (χ1v) is 4.71. The zero-order valence-electron chi connectivity index (χ0n) is 6.49. The van der Waals surface area contributed by atoms with Crippen LogP contribution >= 0.6 is 12.6 Å². The van der Waals surface area contributed by atoms with E-state index in [1.54, 1.807) is 0 Å². The Bertz CT molecular complexity index is 139. The summed E-state index contributed by atoms with van der Waals surface area (Å²) >= 11 is 4.20. The van der Waals surface area contributed by atoms with Crippen LogP contribution in [0.2, 0.25) is 0 Å². The molecule has 0 aliphatic heterocycles. The third-order valence-electron chi connectivity index (χ3n) is 2.45. The number of hydrogen-bond donors (Lipinski definition) is 2. The molecular formula is C8H14O2S. The number of hydrogen-bond acceptors (Lipinski definition) is 2. The molecule has 0 atom stereocenters. The van der Waals surface area contributed by atoms with E-state index in [2.05, 4.69) is 12.6 Å². The Labute approximate surface area is 72.4 Å². The SMILES string of the molecule is O=C(O)C1CCC(CS)CC1. The van der Waals surface area contributed by atoms with Crippen LogP contribution in [0, 0.1) is 11.8 Å². The first-order chi connectivity index (χ1) is 5.24. The molecule has 1 rings (SSSR count). The highest BCUT2D eigenvalue weighted by Gasteiger charge is 2.24. The molecule has 0 radical (unpaired) electrons. The predicted octanol–water partition coefficient (Wildman–Crippen LogP) is 1.81. The van der Waals surface area contributed by atoms with E-state index in [9.17, 15) is 4.79 Å². The minimum absolute atomic E-state index is 0.0777. The van der Waals surface area contributed by atoms with Crippen LogP contribution in [0.3, 0.4) is 0 Å². The van der Waals surface area contributed by atoms with Crippen LogP contribution < -0.4 is 0 Å². The van der Waals surface area contributed by atoms with Crippen molar-refractivity contribution in [3.8, 4) is 0 Å². The molecule has 0 amide bonds. The third kappa shape index (κ3) is 2.40. The molecule has 3 heteroatoms. The molecular weight excluding hydrogens is 160 g/mol. The molecule has 1 fully saturated rings. The second-order valence-corrected chi connectivity index (χ2v) is 3.60. The summed E-state index contributed by atoms with van der Waals surface area (Å²) in [5.41, 5.74) is 0. The lowest BCUT2D eigenvalue weighted by Gasteiger charge is -2.24. The van der Waals surface area contributed by atoms with Crippen molar-refractivity contribution in [1.82, 2.24) is 0 Å². The van der Waals surface area contributed by atoms with E-state index in [4.69, 9.17) is 5.11 Å². The molecule has 0 unspecified atom stereocenters. The Morgan fingerprint density at radius 3 is 2.27 bits per heavy atom. The molecule has 0 aromatic heterocycles. The van der Waals surface area contributed by atoms with E-state index >= 15 is 0 Å². The Morgan fingerprint density at radius 1 is 1.36 bits per heavy atom. The Hall–Kier alpha value is -0.180. The van der Waals surface area contributed by atoms with Gasteiger partial charge in [0.15, 0.2) is 0 Å². The summed E-state index contributed by atoms with van der Waals surface area (Å²) in [7, 11) is 0. The van der Waals surface area contributed by atoms with Crippen molar-refractivity contribution in [2.75, 3.05) is 5.75 Å². The molecule has 64 valence electrons.